The molecule has 1 aliphatic rings. The van der Waals surface area contributed by atoms with Crippen LogP contribution in [0.3, 0.4) is 0 Å². The topological polar surface area (TPSA) is 35.2 Å². The summed E-state index contributed by atoms with van der Waals surface area (Å²) in [7, 11) is 0. The van der Waals surface area contributed by atoms with E-state index in [2.05, 4.69) is 0 Å². The van der Waals surface area contributed by atoms with Gasteiger partial charge in [0, 0.05) is 16.3 Å². The quantitative estimate of drug-likeness (QED) is 0.841. The zero-order chi connectivity index (χ0) is 12.5. The summed E-state index contributed by atoms with van der Waals surface area (Å²) in [6.07, 6.45) is 2.76. The molecule has 0 heterocycles. The van der Waals surface area contributed by atoms with Gasteiger partial charge in [-0.1, -0.05) is 23.7 Å². The third kappa shape index (κ3) is 2.44. The van der Waals surface area contributed by atoms with Crippen molar-refractivity contribution in [2.75, 3.05) is 5.73 Å². The van der Waals surface area contributed by atoms with Crippen LogP contribution >= 0.6 is 11.6 Å². The molecule has 1 saturated carbocycles. The van der Waals surface area contributed by atoms with Crippen LogP contribution in [0, 0.1) is 0 Å². The predicted molar refractivity (Wildman–Crippen MR) is 75.0 cm³/mol. The van der Waals surface area contributed by atoms with Gasteiger partial charge < -0.3 is 10.5 Å². The van der Waals surface area contributed by atoms with E-state index in [9.17, 15) is 0 Å². The minimum atomic E-state index is 0.423. The number of benzene rings is 2. The zero-order valence-electron chi connectivity index (χ0n) is 9.90. The first-order valence-electron chi connectivity index (χ1n) is 6.04. The number of hydrogen-bond donors (Lipinski definition) is 1. The zero-order valence-corrected chi connectivity index (χ0v) is 10.7. The van der Waals surface area contributed by atoms with Gasteiger partial charge in [0.05, 0.1) is 6.10 Å². The van der Waals surface area contributed by atoms with Gasteiger partial charge in [0.25, 0.3) is 0 Å². The van der Waals surface area contributed by atoms with Gasteiger partial charge in [-0.3, -0.25) is 0 Å². The molecule has 2 aromatic carbocycles. The number of anilines is 1. The van der Waals surface area contributed by atoms with Crippen LogP contribution in [0.25, 0.3) is 11.1 Å². The fourth-order valence-corrected chi connectivity index (χ4v) is 2.04. The molecule has 2 nitrogen and oxygen atoms in total. The summed E-state index contributed by atoms with van der Waals surface area (Å²) < 4.78 is 5.71. The molecule has 3 heteroatoms. The van der Waals surface area contributed by atoms with E-state index in [1.165, 1.54) is 12.8 Å². The van der Waals surface area contributed by atoms with Crippen molar-refractivity contribution in [2.45, 2.75) is 18.9 Å². The largest absolute Gasteiger partial charge is 0.490 e. The summed E-state index contributed by atoms with van der Waals surface area (Å²) in [6.45, 7) is 0. The Kier molecular flexibility index (Phi) is 2.88. The summed E-state index contributed by atoms with van der Waals surface area (Å²) in [5.41, 5.74) is 8.70. The maximum Gasteiger partial charge on any atom is 0.119 e. The van der Waals surface area contributed by atoms with Crippen LogP contribution in [-0.4, -0.2) is 6.10 Å². The van der Waals surface area contributed by atoms with Crippen LogP contribution in [0.4, 0.5) is 5.69 Å². The van der Waals surface area contributed by atoms with Gasteiger partial charge in [0.2, 0.25) is 0 Å². The van der Waals surface area contributed by atoms with Crippen LogP contribution in [-0.2, 0) is 0 Å². The fraction of sp³-hybridized carbons (Fsp3) is 0.200. The molecule has 0 spiro atoms. The summed E-state index contributed by atoms with van der Waals surface area (Å²) in [6, 6.07) is 13.5. The molecule has 1 fully saturated rings. The van der Waals surface area contributed by atoms with Crippen LogP contribution in [0.1, 0.15) is 12.8 Å². The Morgan fingerprint density at radius 1 is 1.06 bits per heavy atom. The fourth-order valence-electron chi connectivity index (χ4n) is 1.87. The number of nitrogens with two attached hydrogens (primary N) is 1. The highest BCUT2D eigenvalue weighted by atomic mass is 35.5. The lowest BCUT2D eigenvalue weighted by Crippen LogP contribution is -1.95. The first kappa shape index (κ1) is 11.4. The number of hydrogen-bond acceptors (Lipinski definition) is 2. The van der Waals surface area contributed by atoms with Gasteiger partial charge in [-0.25, -0.2) is 0 Å². The first-order chi connectivity index (χ1) is 8.72. The third-order valence-corrected chi connectivity index (χ3v) is 3.24. The molecule has 0 atom stereocenters. The van der Waals surface area contributed by atoms with E-state index in [0.717, 1.165) is 22.6 Å². The Labute approximate surface area is 111 Å². The maximum absolute atomic E-state index is 5.99. The molecule has 0 unspecified atom stereocenters. The molecule has 92 valence electrons. The number of nitrogen functional groups attached to an aromatic ring is 1. The molecule has 0 radical (unpaired) electrons. The molecule has 0 bridgehead atoms. The second kappa shape index (κ2) is 4.54. The van der Waals surface area contributed by atoms with Crippen molar-refractivity contribution in [3.8, 4) is 16.9 Å². The molecule has 0 saturated heterocycles. The normalized spacial score (nSPS) is 14.5. The second-order valence-corrected chi connectivity index (χ2v) is 5.01. The first-order valence-corrected chi connectivity index (χ1v) is 6.42. The number of rotatable bonds is 3. The lowest BCUT2D eigenvalue weighted by Gasteiger charge is -2.08. The van der Waals surface area contributed by atoms with Crippen molar-refractivity contribution in [2.24, 2.45) is 0 Å². The van der Waals surface area contributed by atoms with E-state index in [1.807, 2.05) is 36.4 Å². The van der Waals surface area contributed by atoms with Crippen molar-refractivity contribution in [3.05, 3.63) is 47.5 Å². The van der Waals surface area contributed by atoms with Crippen LogP contribution in [0.15, 0.2) is 42.5 Å². The Bertz CT molecular complexity index is 561. The lowest BCUT2D eigenvalue weighted by atomic mass is 10.0. The molecule has 1 aliphatic carbocycles. The van der Waals surface area contributed by atoms with Gasteiger partial charge in [0.15, 0.2) is 0 Å². The molecule has 18 heavy (non-hydrogen) atoms. The maximum atomic E-state index is 5.99. The third-order valence-electron chi connectivity index (χ3n) is 3.01. The van der Waals surface area contributed by atoms with Crippen LogP contribution in [0.5, 0.6) is 5.75 Å². The van der Waals surface area contributed by atoms with Gasteiger partial charge in [-0.2, -0.15) is 0 Å². The molecule has 2 aromatic rings. The average Bonchev–Trinajstić information content (AvgIpc) is 3.17. The second-order valence-electron chi connectivity index (χ2n) is 4.57. The lowest BCUT2D eigenvalue weighted by molar-refractivity contribution is 0.303. The minimum absolute atomic E-state index is 0.423. The highest BCUT2D eigenvalue weighted by molar-refractivity contribution is 6.31. The van der Waals surface area contributed by atoms with Gasteiger partial charge in [-0.15, -0.1) is 0 Å². The molecular formula is C15H14ClNO. The van der Waals surface area contributed by atoms with E-state index in [-0.39, 0.29) is 0 Å². The Morgan fingerprint density at radius 3 is 2.44 bits per heavy atom. The standard InChI is InChI=1S/C15H14ClNO/c16-11-3-8-15(17)14(9-11)10-1-4-12(5-2-10)18-13-6-7-13/h1-5,8-9,13H,6-7,17H2. The minimum Gasteiger partial charge on any atom is -0.490 e. The van der Waals surface area contributed by atoms with E-state index < -0.39 is 0 Å². The van der Waals surface area contributed by atoms with E-state index in [4.69, 9.17) is 22.1 Å². The van der Waals surface area contributed by atoms with Crippen molar-refractivity contribution in [1.29, 1.82) is 0 Å². The van der Waals surface area contributed by atoms with E-state index >= 15 is 0 Å². The van der Waals surface area contributed by atoms with E-state index in [1.54, 1.807) is 6.07 Å². The monoisotopic (exact) mass is 259 g/mol. The average molecular weight is 260 g/mol. The SMILES string of the molecule is Nc1ccc(Cl)cc1-c1ccc(OC2CC2)cc1. The smallest absolute Gasteiger partial charge is 0.119 e. The summed E-state index contributed by atoms with van der Waals surface area (Å²) in [5, 5.41) is 0.692. The molecule has 2 N–H and O–H groups in total. The summed E-state index contributed by atoms with van der Waals surface area (Å²) in [4.78, 5) is 0. The van der Waals surface area contributed by atoms with Crippen molar-refractivity contribution in [3.63, 3.8) is 0 Å². The van der Waals surface area contributed by atoms with E-state index in [0.29, 0.717) is 11.1 Å². The Morgan fingerprint density at radius 2 is 1.78 bits per heavy atom. The molecule has 0 aromatic heterocycles. The highest BCUT2D eigenvalue weighted by Crippen LogP contribution is 2.31. The Hall–Kier alpha value is -1.67. The predicted octanol–water partition coefficient (Wildman–Crippen LogP) is 4.13. The van der Waals surface area contributed by atoms with Crippen LogP contribution in [0.2, 0.25) is 5.02 Å². The van der Waals surface area contributed by atoms with Crippen molar-refractivity contribution in [1.82, 2.24) is 0 Å². The number of ether oxygens (including phenoxy) is 1. The number of halogens is 1. The molecule has 0 aliphatic heterocycles. The van der Waals surface area contributed by atoms with Gasteiger partial charge >= 0.3 is 0 Å². The van der Waals surface area contributed by atoms with Gasteiger partial charge in [0.1, 0.15) is 5.75 Å². The molecule has 3 rings (SSSR count). The van der Waals surface area contributed by atoms with Gasteiger partial charge in [-0.05, 0) is 48.7 Å². The van der Waals surface area contributed by atoms with Crippen molar-refractivity contribution >= 4 is 17.3 Å². The summed E-state index contributed by atoms with van der Waals surface area (Å²) in [5.74, 6) is 0.918. The molecular weight excluding hydrogens is 246 g/mol. The van der Waals surface area contributed by atoms with Crippen LogP contribution < -0.4 is 10.5 Å². The summed E-state index contributed by atoms with van der Waals surface area (Å²) >= 11 is 5.99. The molecule has 0 amide bonds. The van der Waals surface area contributed by atoms with Crippen molar-refractivity contribution < 1.29 is 4.74 Å². The highest BCUT2D eigenvalue weighted by Gasteiger charge is 2.23. The Balaban J connectivity index is 1.88.